The topological polar surface area (TPSA) is 42.0 Å². The Bertz CT molecular complexity index is 608. The smallest absolute Gasteiger partial charge is 0.343 e. The number of rotatable bonds is 3. The van der Waals surface area contributed by atoms with Crippen molar-refractivity contribution in [2.45, 2.75) is 19.6 Å². The van der Waals surface area contributed by atoms with E-state index in [1.807, 2.05) is 35.6 Å². The molecule has 1 N–H and O–H groups in total. The molecule has 0 atom stereocenters. The van der Waals surface area contributed by atoms with Gasteiger partial charge in [0.05, 0.1) is 12.2 Å². The summed E-state index contributed by atoms with van der Waals surface area (Å²) in [5.41, 5.74) is 1.52. The number of aryl methyl sites for hydroxylation is 1. The van der Waals surface area contributed by atoms with Gasteiger partial charge < -0.3 is 5.32 Å². The van der Waals surface area contributed by atoms with E-state index in [1.165, 1.54) is 11.3 Å². The average molecular weight is 300 g/mol. The maximum Gasteiger partial charge on any atom is 0.471 e. The number of halogens is 3. The van der Waals surface area contributed by atoms with E-state index in [2.05, 4.69) is 4.98 Å². The second kappa shape index (κ2) is 5.62. The molecule has 1 amide bonds. The van der Waals surface area contributed by atoms with Crippen LogP contribution in [0.25, 0.3) is 10.6 Å². The average Bonchev–Trinajstić information content (AvgIpc) is 2.77. The molecular weight excluding hydrogens is 289 g/mol. The third-order valence-corrected chi connectivity index (χ3v) is 3.79. The lowest BCUT2D eigenvalue weighted by Gasteiger charge is -2.06. The first kappa shape index (κ1) is 14.5. The molecule has 0 saturated carbocycles. The number of carbonyl (C=O) groups is 1. The van der Waals surface area contributed by atoms with Crippen LogP contribution >= 0.6 is 11.3 Å². The van der Waals surface area contributed by atoms with E-state index in [0.29, 0.717) is 10.6 Å². The molecule has 0 fully saturated rings. The number of aromatic nitrogens is 1. The van der Waals surface area contributed by atoms with Gasteiger partial charge in [-0.3, -0.25) is 4.79 Å². The maximum atomic E-state index is 12.1. The SMILES string of the molecule is Cc1nc(-c2ccccc2)sc1CNC(=O)C(F)(F)F. The summed E-state index contributed by atoms with van der Waals surface area (Å²) in [7, 11) is 0. The van der Waals surface area contributed by atoms with E-state index in [0.717, 1.165) is 10.6 Å². The number of hydrogen-bond donors (Lipinski definition) is 1. The Hall–Kier alpha value is -1.89. The molecule has 0 bridgehead atoms. The number of nitrogens with one attached hydrogen (secondary N) is 1. The molecule has 0 saturated heterocycles. The predicted molar refractivity (Wildman–Crippen MR) is 70.2 cm³/mol. The van der Waals surface area contributed by atoms with Crippen LogP contribution in [0, 0.1) is 6.92 Å². The highest BCUT2D eigenvalue weighted by Crippen LogP contribution is 2.27. The van der Waals surface area contributed by atoms with Crippen LogP contribution < -0.4 is 5.32 Å². The largest absolute Gasteiger partial charge is 0.471 e. The van der Waals surface area contributed by atoms with E-state index in [9.17, 15) is 18.0 Å². The molecule has 0 radical (unpaired) electrons. The van der Waals surface area contributed by atoms with Gasteiger partial charge in [0.15, 0.2) is 0 Å². The van der Waals surface area contributed by atoms with Gasteiger partial charge in [0, 0.05) is 10.4 Å². The van der Waals surface area contributed by atoms with Crippen LogP contribution in [0.4, 0.5) is 13.2 Å². The number of nitrogens with zero attached hydrogens (tertiary/aromatic N) is 1. The van der Waals surface area contributed by atoms with E-state index in [4.69, 9.17) is 0 Å². The normalized spacial score (nSPS) is 11.4. The quantitative estimate of drug-likeness (QED) is 0.945. The highest BCUT2D eigenvalue weighted by atomic mass is 32.1. The van der Waals surface area contributed by atoms with Gasteiger partial charge in [-0.05, 0) is 6.92 Å². The van der Waals surface area contributed by atoms with Crippen LogP contribution in [0.1, 0.15) is 10.6 Å². The zero-order valence-electron chi connectivity index (χ0n) is 10.5. The standard InChI is InChI=1S/C13H11F3N2OS/c1-8-10(7-17-12(19)13(14,15)16)20-11(18-8)9-5-3-2-4-6-9/h2-6H,7H2,1H3,(H,17,19). The molecular formula is C13H11F3N2OS. The molecule has 1 aromatic carbocycles. The van der Waals surface area contributed by atoms with E-state index in [-0.39, 0.29) is 6.54 Å². The Morgan fingerprint density at radius 3 is 2.55 bits per heavy atom. The first-order chi connectivity index (χ1) is 9.38. The van der Waals surface area contributed by atoms with Crippen molar-refractivity contribution in [1.29, 1.82) is 0 Å². The van der Waals surface area contributed by atoms with Crippen molar-refractivity contribution in [2.75, 3.05) is 0 Å². The van der Waals surface area contributed by atoms with Gasteiger partial charge >= 0.3 is 12.1 Å². The second-order valence-corrected chi connectivity index (χ2v) is 5.16. The van der Waals surface area contributed by atoms with Crippen molar-refractivity contribution in [1.82, 2.24) is 10.3 Å². The Labute approximate surface area is 117 Å². The number of amides is 1. The summed E-state index contributed by atoms with van der Waals surface area (Å²) in [4.78, 5) is 15.7. The highest BCUT2D eigenvalue weighted by molar-refractivity contribution is 7.15. The Kier molecular flexibility index (Phi) is 4.08. The van der Waals surface area contributed by atoms with Crippen molar-refractivity contribution < 1.29 is 18.0 Å². The molecule has 0 aliphatic carbocycles. The molecule has 1 aromatic heterocycles. The van der Waals surface area contributed by atoms with Crippen LogP contribution in [0.2, 0.25) is 0 Å². The molecule has 106 valence electrons. The molecule has 1 heterocycles. The number of thiazole rings is 1. The van der Waals surface area contributed by atoms with Crippen molar-refractivity contribution >= 4 is 17.2 Å². The monoisotopic (exact) mass is 300 g/mol. The van der Waals surface area contributed by atoms with Crippen molar-refractivity contribution in [3.8, 4) is 10.6 Å². The molecule has 0 spiro atoms. The Morgan fingerprint density at radius 1 is 1.30 bits per heavy atom. The van der Waals surface area contributed by atoms with Gasteiger partial charge in [-0.25, -0.2) is 4.98 Å². The molecule has 2 aromatic rings. The van der Waals surface area contributed by atoms with Gasteiger partial charge in [0.2, 0.25) is 0 Å². The number of hydrogen-bond acceptors (Lipinski definition) is 3. The summed E-state index contributed by atoms with van der Waals surface area (Å²) in [5, 5.41) is 2.57. The van der Waals surface area contributed by atoms with Gasteiger partial charge in [0.25, 0.3) is 0 Å². The minimum Gasteiger partial charge on any atom is -0.343 e. The van der Waals surface area contributed by atoms with Crippen molar-refractivity contribution in [2.24, 2.45) is 0 Å². The summed E-state index contributed by atoms with van der Waals surface area (Å²) in [6, 6.07) is 9.33. The number of alkyl halides is 3. The van der Waals surface area contributed by atoms with Crippen LogP contribution in [-0.4, -0.2) is 17.1 Å². The fourth-order valence-electron chi connectivity index (χ4n) is 1.56. The van der Waals surface area contributed by atoms with Crippen LogP contribution in [0.5, 0.6) is 0 Å². The fraction of sp³-hybridized carbons (Fsp3) is 0.231. The van der Waals surface area contributed by atoms with Crippen LogP contribution in [-0.2, 0) is 11.3 Å². The highest BCUT2D eigenvalue weighted by Gasteiger charge is 2.38. The molecule has 0 aliphatic rings. The zero-order valence-corrected chi connectivity index (χ0v) is 11.3. The second-order valence-electron chi connectivity index (χ2n) is 4.07. The maximum absolute atomic E-state index is 12.1. The third-order valence-electron chi connectivity index (χ3n) is 2.58. The zero-order chi connectivity index (χ0) is 14.8. The predicted octanol–water partition coefficient (Wildman–Crippen LogP) is 3.30. The molecule has 0 unspecified atom stereocenters. The lowest BCUT2D eigenvalue weighted by atomic mass is 10.2. The molecule has 2 rings (SSSR count). The minimum absolute atomic E-state index is 0.172. The molecule has 7 heteroatoms. The van der Waals surface area contributed by atoms with Crippen LogP contribution in [0.15, 0.2) is 30.3 Å². The third kappa shape index (κ3) is 3.36. The summed E-state index contributed by atoms with van der Waals surface area (Å²) in [6.45, 7) is 1.53. The van der Waals surface area contributed by atoms with E-state index in [1.54, 1.807) is 6.92 Å². The first-order valence-corrected chi connectivity index (χ1v) is 6.56. The van der Waals surface area contributed by atoms with E-state index < -0.39 is 12.1 Å². The number of carbonyl (C=O) groups excluding carboxylic acids is 1. The summed E-state index contributed by atoms with van der Waals surface area (Å²) in [6.07, 6.45) is -4.86. The van der Waals surface area contributed by atoms with E-state index >= 15 is 0 Å². The van der Waals surface area contributed by atoms with Gasteiger partial charge in [-0.1, -0.05) is 30.3 Å². The van der Waals surface area contributed by atoms with Crippen LogP contribution in [0.3, 0.4) is 0 Å². The van der Waals surface area contributed by atoms with Gasteiger partial charge in [0.1, 0.15) is 5.01 Å². The summed E-state index contributed by atoms with van der Waals surface area (Å²) >= 11 is 1.27. The first-order valence-electron chi connectivity index (χ1n) is 5.74. The van der Waals surface area contributed by atoms with Gasteiger partial charge in [-0.2, -0.15) is 13.2 Å². The molecule has 3 nitrogen and oxygen atoms in total. The summed E-state index contributed by atoms with van der Waals surface area (Å²) in [5.74, 6) is -1.94. The minimum atomic E-state index is -4.86. The Morgan fingerprint density at radius 2 is 1.95 bits per heavy atom. The van der Waals surface area contributed by atoms with Gasteiger partial charge in [-0.15, -0.1) is 11.3 Å². The Balaban J connectivity index is 2.11. The summed E-state index contributed by atoms with van der Waals surface area (Å²) < 4.78 is 36.3. The molecule has 0 aliphatic heterocycles. The number of benzene rings is 1. The molecule has 20 heavy (non-hydrogen) atoms. The lowest BCUT2D eigenvalue weighted by molar-refractivity contribution is -0.173. The van der Waals surface area contributed by atoms with Crippen molar-refractivity contribution in [3.63, 3.8) is 0 Å². The fourth-order valence-corrected chi connectivity index (χ4v) is 2.56. The lowest BCUT2D eigenvalue weighted by Crippen LogP contribution is -2.36. The van der Waals surface area contributed by atoms with Crippen molar-refractivity contribution in [3.05, 3.63) is 40.9 Å².